The first-order valence-corrected chi connectivity index (χ1v) is 10.5. The summed E-state index contributed by atoms with van der Waals surface area (Å²) < 4.78 is 17.9. The highest BCUT2D eigenvalue weighted by atomic mass is 16.6. The Balaban J connectivity index is 1.43. The lowest BCUT2D eigenvalue weighted by molar-refractivity contribution is -0.0945. The second-order valence-corrected chi connectivity index (χ2v) is 8.53. The summed E-state index contributed by atoms with van der Waals surface area (Å²) in [6, 6.07) is 6.05. The van der Waals surface area contributed by atoms with Crippen molar-refractivity contribution >= 4 is 5.91 Å². The summed E-state index contributed by atoms with van der Waals surface area (Å²) in [7, 11) is 0. The Labute approximate surface area is 167 Å². The third-order valence-corrected chi connectivity index (χ3v) is 6.01. The monoisotopic (exact) mass is 388 g/mol. The van der Waals surface area contributed by atoms with Crippen LogP contribution in [0.2, 0.25) is 0 Å². The fourth-order valence-corrected chi connectivity index (χ4v) is 4.68. The Morgan fingerprint density at radius 1 is 1.07 bits per heavy atom. The number of hydrogen-bond acceptors (Lipinski definition) is 5. The predicted molar refractivity (Wildman–Crippen MR) is 107 cm³/mol. The van der Waals surface area contributed by atoms with E-state index in [0.717, 1.165) is 62.4 Å². The van der Waals surface area contributed by atoms with Gasteiger partial charge in [0.15, 0.2) is 0 Å². The topological polar surface area (TPSA) is 51.2 Å². The molecule has 4 rings (SSSR count). The molecule has 0 radical (unpaired) electrons. The first-order valence-electron chi connectivity index (χ1n) is 10.5. The SMILES string of the molecule is Cc1cc(C)cc(C(=O)N2CCOC[C@]3(CC[C@@H](CN4CCOCC4)O3)C2)c1. The van der Waals surface area contributed by atoms with Crippen LogP contribution in [0, 0.1) is 13.8 Å². The van der Waals surface area contributed by atoms with Gasteiger partial charge in [-0.1, -0.05) is 17.2 Å². The van der Waals surface area contributed by atoms with Crippen molar-refractivity contribution in [1.29, 1.82) is 0 Å². The van der Waals surface area contributed by atoms with Crippen LogP contribution in [-0.2, 0) is 14.2 Å². The minimum Gasteiger partial charge on any atom is -0.379 e. The van der Waals surface area contributed by atoms with E-state index in [1.165, 1.54) is 0 Å². The van der Waals surface area contributed by atoms with Crippen LogP contribution in [0.1, 0.15) is 34.3 Å². The van der Waals surface area contributed by atoms with Gasteiger partial charge in [0.25, 0.3) is 5.91 Å². The van der Waals surface area contributed by atoms with E-state index >= 15 is 0 Å². The molecule has 2 atom stereocenters. The number of aryl methyl sites for hydroxylation is 2. The molecule has 1 spiro atoms. The van der Waals surface area contributed by atoms with Crippen molar-refractivity contribution in [3.05, 3.63) is 34.9 Å². The van der Waals surface area contributed by atoms with Crippen molar-refractivity contribution in [3.8, 4) is 0 Å². The molecule has 3 aliphatic heterocycles. The zero-order chi connectivity index (χ0) is 19.6. The molecule has 3 heterocycles. The van der Waals surface area contributed by atoms with Gasteiger partial charge in [0.1, 0.15) is 5.60 Å². The highest BCUT2D eigenvalue weighted by Crippen LogP contribution is 2.34. The van der Waals surface area contributed by atoms with Gasteiger partial charge < -0.3 is 19.1 Å². The van der Waals surface area contributed by atoms with E-state index in [2.05, 4.69) is 11.0 Å². The Morgan fingerprint density at radius 2 is 1.79 bits per heavy atom. The average Bonchev–Trinajstić information content (AvgIpc) is 2.93. The molecule has 0 bridgehead atoms. The van der Waals surface area contributed by atoms with E-state index in [-0.39, 0.29) is 17.6 Å². The van der Waals surface area contributed by atoms with Crippen molar-refractivity contribution in [2.45, 2.75) is 38.4 Å². The predicted octanol–water partition coefficient (Wildman–Crippen LogP) is 2.03. The summed E-state index contributed by atoms with van der Waals surface area (Å²) in [5, 5.41) is 0. The zero-order valence-electron chi connectivity index (χ0n) is 17.1. The molecule has 0 unspecified atom stereocenters. The smallest absolute Gasteiger partial charge is 0.254 e. The maximum absolute atomic E-state index is 13.2. The maximum Gasteiger partial charge on any atom is 0.254 e. The molecule has 1 aromatic carbocycles. The van der Waals surface area contributed by atoms with Gasteiger partial charge in [-0.2, -0.15) is 0 Å². The molecule has 0 aliphatic carbocycles. The van der Waals surface area contributed by atoms with Crippen LogP contribution in [0.15, 0.2) is 18.2 Å². The van der Waals surface area contributed by atoms with Crippen LogP contribution in [0.3, 0.4) is 0 Å². The van der Waals surface area contributed by atoms with Gasteiger partial charge in [-0.3, -0.25) is 9.69 Å². The number of benzene rings is 1. The molecule has 0 aromatic heterocycles. The summed E-state index contributed by atoms with van der Waals surface area (Å²) in [4.78, 5) is 17.5. The fraction of sp³-hybridized carbons (Fsp3) is 0.682. The maximum atomic E-state index is 13.2. The second-order valence-electron chi connectivity index (χ2n) is 8.53. The van der Waals surface area contributed by atoms with Crippen LogP contribution >= 0.6 is 0 Å². The molecule has 3 fully saturated rings. The first-order chi connectivity index (χ1) is 13.5. The molecule has 6 heteroatoms. The van der Waals surface area contributed by atoms with E-state index in [1.807, 2.05) is 30.9 Å². The number of ether oxygens (including phenoxy) is 3. The van der Waals surface area contributed by atoms with Crippen molar-refractivity contribution < 1.29 is 19.0 Å². The highest BCUT2D eigenvalue weighted by Gasteiger charge is 2.44. The third kappa shape index (κ3) is 4.57. The molecule has 3 saturated heterocycles. The van der Waals surface area contributed by atoms with Crippen LogP contribution in [0.25, 0.3) is 0 Å². The summed E-state index contributed by atoms with van der Waals surface area (Å²) >= 11 is 0. The molecular weight excluding hydrogens is 356 g/mol. The summed E-state index contributed by atoms with van der Waals surface area (Å²) in [6.45, 7) is 10.9. The fourth-order valence-electron chi connectivity index (χ4n) is 4.68. The molecule has 3 aliphatic rings. The van der Waals surface area contributed by atoms with Gasteiger partial charge in [-0.25, -0.2) is 0 Å². The normalized spacial score (nSPS) is 29.2. The van der Waals surface area contributed by atoms with Gasteiger partial charge in [-0.15, -0.1) is 0 Å². The average molecular weight is 389 g/mol. The number of nitrogens with zero attached hydrogens (tertiary/aromatic N) is 2. The lowest BCUT2D eigenvalue weighted by Gasteiger charge is -2.33. The number of amides is 1. The Bertz CT molecular complexity index is 684. The number of rotatable bonds is 3. The lowest BCUT2D eigenvalue weighted by Crippen LogP contribution is -2.48. The van der Waals surface area contributed by atoms with Gasteiger partial charge in [-0.05, 0) is 38.8 Å². The second kappa shape index (κ2) is 8.49. The van der Waals surface area contributed by atoms with Crippen molar-refractivity contribution in [2.75, 3.05) is 59.2 Å². The van der Waals surface area contributed by atoms with Gasteiger partial charge >= 0.3 is 0 Å². The summed E-state index contributed by atoms with van der Waals surface area (Å²) in [5.74, 6) is 0.0805. The van der Waals surface area contributed by atoms with Crippen LogP contribution < -0.4 is 0 Å². The molecule has 1 aromatic rings. The quantitative estimate of drug-likeness (QED) is 0.793. The van der Waals surface area contributed by atoms with Crippen molar-refractivity contribution in [3.63, 3.8) is 0 Å². The highest BCUT2D eigenvalue weighted by molar-refractivity contribution is 5.94. The number of morpholine rings is 1. The largest absolute Gasteiger partial charge is 0.379 e. The third-order valence-electron chi connectivity index (χ3n) is 6.01. The number of carbonyl (C=O) groups is 1. The Morgan fingerprint density at radius 3 is 2.54 bits per heavy atom. The van der Waals surface area contributed by atoms with E-state index in [9.17, 15) is 4.79 Å². The zero-order valence-corrected chi connectivity index (χ0v) is 17.1. The minimum atomic E-state index is -0.373. The number of carbonyl (C=O) groups excluding carboxylic acids is 1. The van der Waals surface area contributed by atoms with E-state index in [0.29, 0.717) is 26.3 Å². The Kier molecular flexibility index (Phi) is 6.01. The number of hydrogen-bond donors (Lipinski definition) is 0. The Hall–Kier alpha value is -1.47. The van der Waals surface area contributed by atoms with Crippen LogP contribution in [-0.4, -0.2) is 86.6 Å². The molecule has 28 heavy (non-hydrogen) atoms. The van der Waals surface area contributed by atoms with Crippen LogP contribution in [0.4, 0.5) is 0 Å². The van der Waals surface area contributed by atoms with Crippen LogP contribution in [0.5, 0.6) is 0 Å². The molecule has 0 saturated carbocycles. The van der Waals surface area contributed by atoms with E-state index < -0.39 is 0 Å². The first kappa shape index (κ1) is 19.8. The van der Waals surface area contributed by atoms with Gasteiger partial charge in [0.05, 0.1) is 39.1 Å². The summed E-state index contributed by atoms with van der Waals surface area (Å²) in [5.41, 5.74) is 2.62. The standard InChI is InChI=1S/C22H32N2O4/c1-17-11-18(2)13-19(12-17)21(25)24-7-10-27-16-22(15-24)4-3-20(28-22)14-23-5-8-26-9-6-23/h11-13,20H,3-10,14-16H2,1-2H3/t20-,22-/m0/s1. The molecule has 154 valence electrons. The van der Waals surface area contributed by atoms with Gasteiger partial charge in [0, 0.05) is 31.7 Å². The van der Waals surface area contributed by atoms with E-state index in [1.54, 1.807) is 0 Å². The van der Waals surface area contributed by atoms with Crippen molar-refractivity contribution in [2.24, 2.45) is 0 Å². The molecule has 1 amide bonds. The molecular formula is C22H32N2O4. The van der Waals surface area contributed by atoms with Gasteiger partial charge in [0.2, 0.25) is 0 Å². The summed E-state index contributed by atoms with van der Waals surface area (Å²) in [6.07, 6.45) is 2.17. The van der Waals surface area contributed by atoms with E-state index in [4.69, 9.17) is 14.2 Å². The molecule has 6 nitrogen and oxygen atoms in total. The van der Waals surface area contributed by atoms with Crippen molar-refractivity contribution in [1.82, 2.24) is 9.80 Å². The lowest BCUT2D eigenvalue weighted by atomic mass is 9.99. The molecule has 0 N–H and O–H groups in total. The minimum absolute atomic E-state index is 0.0805.